The fourth-order valence-corrected chi connectivity index (χ4v) is 4.83. The minimum Gasteiger partial charge on any atom is -0.494 e. The monoisotopic (exact) mass is 494 g/mol. The van der Waals surface area contributed by atoms with Crippen LogP contribution >= 0.6 is 11.8 Å². The van der Waals surface area contributed by atoms with Crippen LogP contribution in [0.15, 0.2) is 58.0 Å². The number of hydrogen-bond donors (Lipinski definition) is 2. The third-order valence-corrected chi connectivity index (χ3v) is 6.50. The number of hydrogen-bond acceptors (Lipinski definition) is 10. The van der Waals surface area contributed by atoms with Crippen LogP contribution in [0.1, 0.15) is 19.7 Å². The van der Waals surface area contributed by atoms with E-state index in [1.807, 2.05) is 62.4 Å². The van der Waals surface area contributed by atoms with Gasteiger partial charge in [0, 0.05) is 6.54 Å². The standard InChI is InChI=1S/C24H26N6O4S/c1-3-32-16-11-9-15(10-12-16)30-23(31)18-13-25-28-21(18)27-24(30)35-14-20-26-22(29-34-20)17-7-5-6-8-19(17)33-4-2/h5-12,18,21,25,28H,3-4,13-14H2,1-2H3. The molecule has 2 N–H and O–H groups in total. The maximum atomic E-state index is 13.4. The van der Waals surface area contributed by atoms with Gasteiger partial charge in [0.1, 0.15) is 17.7 Å². The average Bonchev–Trinajstić information content (AvgIpc) is 3.54. The molecule has 2 atom stereocenters. The normalized spacial score (nSPS) is 19.4. The smallest absolute Gasteiger partial charge is 0.241 e. The summed E-state index contributed by atoms with van der Waals surface area (Å²) in [5.41, 5.74) is 7.60. The Labute approximate surface area is 207 Å². The number of fused-ring (bicyclic) bond motifs is 1. The molecule has 3 aromatic rings. The largest absolute Gasteiger partial charge is 0.494 e. The van der Waals surface area contributed by atoms with Gasteiger partial charge in [-0.15, -0.1) is 0 Å². The third-order valence-electron chi connectivity index (χ3n) is 5.56. The summed E-state index contributed by atoms with van der Waals surface area (Å²) in [6, 6.07) is 15.0. The molecular weight excluding hydrogens is 468 g/mol. The predicted octanol–water partition coefficient (Wildman–Crippen LogP) is 3.22. The molecular formula is C24H26N6O4S. The van der Waals surface area contributed by atoms with Crippen LogP contribution in [0.3, 0.4) is 0 Å². The summed E-state index contributed by atoms with van der Waals surface area (Å²) < 4.78 is 16.7. The first kappa shape index (κ1) is 23.3. The van der Waals surface area contributed by atoms with Gasteiger partial charge < -0.3 is 14.0 Å². The number of benzene rings is 2. The Balaban J connectivity index is 1.37. The Morgan fingerprint density at radius 3 is 2.71 bits per heavy atom. The third kappa shape index (κ3) is 4.88. The molecule has 1 saturated heterocycles. The minimum absolute atomic E-state index is 0.0222. The lowest BCUT2D eigenvalue weighted by Crippen LogP contribution is -2.49. The molecule has 2 aliphatic heterocycles. The molecule has 0 aliphatic carbocycles. The lowest BCUT2D eigenvalue weighted by molar-refractivity contribution is -0.121. The van der Waals surface area contributed by atoms with Crippen molar-refractivity contribution >= 4 is 28.5 Å². The first-order valence-corrected chi connectivity index (χ1v) is 12.5. The molecule has 2 aromatic carbocycles. The number of amides is 1. The van der Waals surface area contributed by atoms with E-state index >= 15 is 0 Å². The molecule has 1 aromatic heterocycles. The highest BCUT2D eigenvalue weighted by Crippen LogP contribution is 2.32. The second-order valence-electron chi connectivity index (χ2n) is 7.82. The van der Waals surface area contributed by atoms with Gasteiger partial charge in [0.15, 0.2) is 5.17 Å². The van der Waals surface area contributed by atoms with Crippen LogP contribution in [-0.4, -0.2) is 47.1 Å². The van der Waals surface area contributed by atoms with Crippen molar-refractivity contribution in [1.82, 2.24) is 21.0 Å². The molecule has 1 fully saturated rings. The minimum atomic E-state index is -0.319. The van der Waals surface area contributed by atoms with Crippen LogP contribution in [0.2, 0.25) is 0 Å². The van der Waals surface area contributed by atoms with Crippen molar-refractivity contribution in [2.45, 2.75) is 25.8 Å². The van der Waals surface area contributed by atoms with Crippen LogP contribution in [0.5, 0.6) is 11.5 Å². The van der Waals surface area contributed by atoms with Crippen LogP contribution < -0.4 is 25.2 Å². The lowest BCUT2D eigenvalue weighted by Gasteiger charge is -2.32. The number of nitrogens with zero attached hydrogens (tertiary/aromatic N) is 4. The van der Waals surface area contributed by atoms with Crippen molar-refractivity contribution in [1.29, 1.82) is 0 Å². The van der Waals surface area contributed by atoms with E-state index in [1.165, 1.54) is 11.8 Å². The van der Waals surface area contributed by atoms with Gasteiger partial charge in [-0.2, -0.15) is 4.98 Å². The van der Waals surface area contributed by atoms with Crippen LogP contribution in [0.25, 0.3) is 11.4 Å². The molecule has 10 nitrogen and oxygen atoms in total. The Morgan fingerprint density at radius 1 is 1.11 bits per heavy atom. The molecule has 182 valence electrons. The summed E-state index contributed by atoms with van der Waals surface area (Å²) in [7, 11) is 0. The highest BCUT2D eigenvalue weighted by atomic mass is 32.2. The van der Waals surface area contributed by atoms with Crippen LogP contribution in [-0.2, 0) is 10.5 Å². The summed E-state index contributed by atoms with van der Waals surface area (Å²) in [5.74, 6) is 2.38. The molecule has 11 heteroatoms. The number of carbonyl (C=O) groups excluding carboxylic acids is 1. The molecule has 0 saturated carbocycles. The second-order valence-corrected chi connectivity index (χ2v) is 8.76. The van der Waals surface area contributed by atoms with Gasteiger partial charge in [-0.3, -0.25) is 15.1 Å². The molecule has 0 spiro atoms. The number of aliphatic imine (C=N–C) groups is 1. The molecule has 0 bridgehead atoms. The Morgan fingerprint density at radius 2 is 1.91 bits per heavy atom. The fourth-order valence-electron chi connectivity index (χ4n) is 3.95. The number of amidine groups is 1. The number of hydrazine groups is 1. The topological polar surface area (TPSA) is 114 Å². The van der Waals surface area contributed by atoms with Crippen molar-refractivity contribution in [3.8, 4) is 22.9 Å². The van der Waals surface area contributed by atoms with Gasteiger partial charge in [-0.05, 0) is 50.2 Å². The van der Waals surface area contributed by atoms with Crippen molar-refractivity contribution in [2.75, 3.05) is 24.7 Å². The molecule has 2 aliphatic rings. The zero-order valence-corrected chi connectivity index (χ0v) is 20.2. The van der Waals surface area contributed by atoms with E-state index in [0.717, 1.165) is 17.0 Å². The SMILES string of the molecule is CCOc1ccc(N2C(=O)C3CNNC3N=C2SCc2nc(-c3ccccc3OCC)no2)cc1. The molecule has 5 rings (SSSR count). The molecule has 35 heavy (non-hydrogen) atoms. The van der Waals surface area contributed by atoms with E-state index in [4.69, 9.17) is 19.0 Å². The Hall–Kier alpha value is -3.41. The van der Waals surface area contributed by atoms with Crippen LogP contribution in [0.4, 0.5) is 5.69 Å². The molecule has 2 unspecified atom stereocenters. The van der Waals surface area contributed by atoms with Gasteiger partial charge in [-0.25, -0.2) is 10.4 Å². The zero-order chi connectivity index (χ0) is 24.2. The number of ether oxygens (including phenoxy) is 2. The van der Waals surface area contributed by atoms with Crippen molar-refractivity contribution in [2.24, 2.45) is 10.9 Å². The predicted molar refractivity (Wildman–Crippen MR) is 133 cm³/mol. The van der Waals surface area contributed by atoms with Crippen molar-refractivity contribution < 1.29 is 18.8 Å². The lowest BCUT2D eigenvalue weighted by atomic mass is 10.0. The fraction of sp³-hybridized carbons (Fsp3) is 0.333. The highest BCUT2D eigenvalue weighted by Gasteiger charge is 2.42. The second kappa shape index (κ2) is 10.5. The zero-order valence-electron chi connectivity index (χ0n) is 19.4. The summed E-state index contributed by atoms with van der Waals surface area (Å²) in [4.78, 5) is 24.4. The highest BCUT2D eigenvalue weighted by molar-refractivity contribution is 8.13. The number of nitrogens with one attached hydrogen (secondary N) is 2. The summed E-state index contributed by atoms with van der Waals surface area (Å²) >= 11 is 1.37. The van der Waals surface area contributed by atoms with Gasteiger partial charge in [0.05, 0.1) is 36.1 Å². The van der Waals surface area contributed by atoms with E-state index in [-0.39, 0.29) is 18.0 Å². The van der Waals surface area contributed by atoms with Crippen molar-refractivity contribution in [3.63, 3.8) is 0 Å². The van der Waals surface area contributed by atoms with Gasteiger partial charge >= 0.3 is 0 Å². The summed E-state index contributed by atoms with van der Waals surface area (Å²) in [6.45, 7) is 5.49. The number of para-hydroxylation sites is 1. The number of carbonyl (C=O) groups is 1. The number of aromatic nitrogens is 2. The first-order valence-electron chi connectivity index (χ1n) is 11.5. The van der Waals surface area contributed by atoms with E-state index < -0.39 is 0 Å². The van der Waals surface area contributed by atoms with Crippen molar-refractivity contribution in [3.05, 3.63) is 54.4 Å². The van der Waals surface area contributed by atoms with E-state index in [1.54, 1.807) is 4.90 Å². The number of thioether (sulfide) groups is 1. The first-order chi connectivity index (χ1) is 17.2. The summed E-state index contributed by atoms with van der Waals surface area (Å²) in [5, 5.41) is 4.69. The van der Waals surface area contributed by atoms with Gasteiger partial charge in [0.2, 0.25) is 17.6 Å². The Bertz CT molecular complexity index is 1210. The molecule has 0 radical (unpaired) electrons. The Kier molecular flexibility index (Phi) is 6.98. The average molecular weight is 495 g/mol. The van der Waals surface area contributed by atoms with Crippen LogP contribution in [0, 0.1) is 5.92 Å². The van der Waals surface area contributed by atoms with Gasteiger partial charge in [-0.1, -0.05) is 29.1 Å². The maximum absolute atomic E-state index is 13.4. The number of rotatable bonds is 8. The summed E-state index contributed by atoms with van der Waals surface area (Å²) in [6.07, 6.45) is -0.319. The maximum Gasteiger partial charge on any atom is 0.241 e. The van der Waals surface area contributed by atoms with Gasteiger partial charge in [0.25, 0.3) is 0 Å². The van der Waals surface area contributed by atoms with E-state index in [9.17, 15) is 4.79 Å². The quantitative estimate of drug-likeness (QED) is 0.487. The van der Waals surface area contributed by atoms with E-state index in [0.29, 0.717) is 48.1 Å². The van der Waals surface area contributed by atoms with E-state index in [2.05, 4.69) is 21.0 Å². The number of anilines is 1. The molecule has 1 amide bonds. The molecule has 3 heterocycles.